The molecule has 0 aromatic heterocycles. The summed E-state index contributed by atoms with van der Waals surface area (Å²) in [5.41, 5.74) is 0. The highest BCUT2D eigenvalue weighted by Crippen LogP contribution is 2.21. The minimum atomic E-state index is 0.581. The van der Waals surface area contributed by atoms with E-state index in [9.17, 15) is 0 Å². The van der Waals surface area contributed by atoms with Crippen molar-refractivity contribution in [3.05, 3.63) is 0 Å². The Morgan fingerprint density at radius 3 is 2.31 bits per heavy atom. The first kappa shape index (κ1) is 11.0. The van der Waals surface area contributed by atoms with Crippen molar-refractivity contribution in [2.24, 2.45) is 0 Å². The molecular weight excluding hydrogens is 162 g/mol. The molecule has 0 aromatic rings. The van der Waals surface area contributed by atoms with E-state index in [1.165, 1.54) is 32.4 Å². The van der Waals surface area contributed by atoms with Crippen LogP contribution in [-0.4, -0.2) is 36.7 Å². The van der Waals surface area contributed by atoms with Gasteiger partial charge in [0.15, 0.2) is 0 Å². The number of hydrogen-bond acceptors (Lipinski definition) is 2. The van der Waals surface area contributed by atoms with Gasteiger partial charge in [0.1, 0.15) is 0 Å². The molecule has 13 heavy (non-hydrogen) atoms. The molecule has 0 bridgehead atoms. The number of epoxide rings is 1. The Bertz CT molecular complexity index is 130. The van der Waals surface area contributed by atoms with E-state index >= 15 is 0 Å². The van der Waals surface area contributed by atoms with E-state index in [4.69, 9.17) is 4.74 Å². The third kappa shape index (κ3) is 3.65. The number of ether oxygens (including phenoxy) is 1. The van der Waals surface area contributed by atoms with Gasteiger partial charge >= 0.3 is 0 Å². The summed E-state index contributed by atoms with van der Waals surface area (Å²) in [4.78, 5) is 2.56. The van der Waals surface area contributed by atoms with Gasteiger partial charge in [-0.25, -0.2) is 0 Å². The topological polar surface area (TPSA) is 15.8 Å². The predicted octanol–water partition coefficient (Wildman–Crippen LogP) is 2.29. The highest BCUT2D eigenvalue weighted by Gasteiger charge is 2.28. The lowest BCUT2D eigenvalue weighted by Crippen LogP contribution is -2.36. The standard InChI is InChI=1S/C11H23NO/c1-4-7-10(8-11-9-13-11)12(5-2)6-3/h10-11H,4-9H2,1-3H3. The van der Waals surface area contributed by atoms with Crippen LogP contribution in [0.3, 0.4) is 0 Å². The molecule has 0 saturated carbocycles. The summed E-state index contributed by atoms with van der Waals surface area (Å²) in [5.74, 6) is 0. The largest absolute Gasteiger partial charge is 0.373 e. The van der Waals surface area contributed by atoms with Crippen LogP contribution in [-0.2, 0) is 4.74 Å². The van der Waals surface area contributed by atoms with Crippen LogP contribution in [0.1, 0.15) is 40.0 Å². The zero-order chi connectivity index (χ0) is 9.68. The normalized spacial score (nSPS) is 23.5. The van der Waals surface area contributed by atoms with Crippen LogP contribution in [0.15, 0.2) is 0 Å². The molecule has 2 unspecified atom stereocenters. The molecule has 0 aromatic carbocycles. The van der Waals surface area contributed by atoms with Crippen LogP contribution >= 0.6 is 0 Å². The molecule has 2 atom stereocenters. The first-order valence-corrected chi connectivity index (χ1v) is 5.67. The zero-order valence-electron chi connectivity index (χ0n) is 9.25. The lowest BCUT2D eigenvalue weighted by atomic mass is 10.0. The van der Waals surface area contributed by atoms with Crippen LogP contribution < -0.4 is 0 Å². The van der Waals surface area contributed by atoms with Crippen molar-refractivity contribution >= 4 is 0 Å². The van der Waals surface area contributed by atoms with Crippen LogP contribution in [0, 0.1) is 0 Å². The van der Waals surface area contributed by atoms with Crippen molar-refractivity contribution in [2.45, 2.75) is 52.2 Å². The quantitative estimate of drug-likeness (QED) is 0.566. The molecule has 0 spiro atoms. The molecule has 78 valence electrons. The summed E-state index contributed by atoms with van der Waals surface area (Å²) in [7, 11) is 0. The van der Waals surface area contributed by atoms with Gasteiger partial charge in [-0.3, -0.25) is 0 Å². The minimum Gasteiger partial charge on any atom is -0.373 e. The van der Waals surface area contributed by atoms with Gasteiger partial charge in [-0.05, 0) is 25.9 Å². The summed E-state index contributed by atoms with van der Waals surface area (Å²) in [6, 6.07) is 0.757. The maximum Gasteiger partial charge on any atom is 0.0824 e. The second-order valence-electron chi connectivity index (χ2n) is 3.85. The molecule has 1 aliphatic heterocycles. The van der Waals surface area contributed by atoms with Crippen LogP contribution in [0.2, 0.25) is 0 Å². The summed E-state index contributed by atoms with van der Waals surface area (Å²) in [6.45, 7) is 10.1. The van der Waals surface area contributed by atoms with Crippen LogP contribution in [0.5, 0.6) is 0 Å². The second kappa shape index (κ2) is 5.61. The highest BCUT2D eigenvalue weighted by molar-refractivity contribution is 4.79. The highest BCUT2D eigenvalue weighted by atomic mass is 16.6. The maximum atomic E-state index is 5.30. The molecule has 1 fully saturated rings. The summed E-state index contributed by atoms with van der Waals surface area (Å²) in [6.07, 6.45) is 4.43. The first-order valence-electron chi connectivity index (χ1n) is 5.67. The van der Waals surface area contributed by atoms with Crippen molar-refractivity contribution < 1.29 is 4.74 Å². The lowest BCUT2D eigenvalue weighted by Gasteiger charge is -2.29. The van der Waals surface area contributed by atoms with Gasteiger partial charge in [-0.1, -0.05) is 27.2 Å². The van der Waals surface area contributed by atoms with E-state index in [2.05, 4.69) is 25.7 Å². The first-order chi connectivity index (χ1) is 6.31. The van der Waals surface area contributed by atoms with E-state index in [-0.39, 0.29) is 0 Å². The van der Waals surface area contributed by atoms with E-state index in [1.54, 1.807) is 0 Å². The fourth-order valence-corrected chi connectivity index (χ4v) is 2.03. The second-order valence-corrected chi connectivity index (χ2v) is 3.85. The van der Waals surface area contributed by atoms with Crippen molar-refractivity contribution in [2.75, 3.05) is 19.7 Å². The summed E-state index contributed by atoms with van der Waals surface area (Å²) in [5, 5.41) is 0. The molecule has 2 heteroatoms. The Morgan fingerprint density at radius 1 is 1.31 bits per heavy atom. The fourth-order valence-electron chi connectivity index (χ4n) is 2.03. The smallest absolute Gasteiger partial charge is 0.0824 e. The van der Waals surface area contributed by atoms with Gasteiger partial charge in [-0.15, -0.1) is 0 Å². The molecule has 0 amide bonds. The van der Waals surface area contributed by atoms with E-state index < -0.39 is 0 Å². The molecular formula is C11H23NO. The number of hydrogen-bond donors (Lipinski definition) is 0. The van der Waals surface area contributed by atoms with Gasteiger partial charge in [0, 0.05) is 6.04 Å². The van der Waals surface area contributed by atoms with E-state index in [0.717, 1.165) is 12.6 Å². The van der Waals surface area contributed by atoms with Crippen molar-refractivity contribution in [1.29, 1.82) is 0 Å². The van der Waals surface area contributed by atoms with Crippen LogP contribution in [0.4, 0.5) is 0 Å². The Morgan fingerprint density at radius 2 is 1.92 bits per heavy atom. The Kier molecular flexibility index (Phi) is 4.74. The van der Waals surface area contributed by atoms with Gasteiger partial charge in [0.2, 0.25) is 0 Å². The lowest BCUT2D eigenvalue weighted by molar-refractivity contribution is 0.181. The third-order valence-corrected chi connectivity index (χ3v) is 2.89. The Hall–Kier alpha value is -0.0800. The molecule has 1 rings (SSSR count). The maximum absolute atomic E-state index is 5.30. The van der Waals surface area contributed by atoms with E-state index in [0.29, 0.717) is 6.10 Å². The zero-order valence-corrected chi connectivity index (χ0v) is 9.25. The van der Waals surface area contributed by atoms with Crippen molar-refractivity contribution in [3.63, 3.8) is 0 Å². The Balaban J connectivity index is 2.32. The SMILES string of the molecule is CCCC(CC1CO1)N(CC)CC. The average molecular weight is 185 g/mol. The third-order valence-electron chi connectivity index (χ3n) is 2.89. The molecule has 2 nitrogen and oxygen atoms in total. The Labute approximate surface area is 82.3 Å². The summed E-state index contributed by atoms with van der Waals surface area (Å²) < 4.78 is 5.30. The minimum absolute atomic E-state index is 0.581. The van der Waals surface area contributed by atoms with Gasteiger partial charge in [0.05, 0.1) is 12.7 Å². The fraction of sp³-hybridized carbons (Fsp3) is 1.00. The molecule has 1 heterocycles. The molecule has 0 N–H and O–H groups in total. The van der Waals surface area contributed by atoms with Gasteiger partial charge in [0.25, 0.3) is 0 Å². The van der Waals surface area contributed by atoms with Crippen molar-refractivity contribution in [1.82, 2.24) is 4.90 Å². The predicted molar refractivity (Wildman–Crippen MR) is 56.0 cm³/mol. The monoisotopic (exact) mass is 185 g/mol. The van der Waals surface area contributed by atoms with Crippen molar-refractivity contribution in [3.8, 4) is 0 Å². The molecule has 1 aliphatic rings. The van der Waals surface area contributed by atoms with Gasteiger partial charge in [-0.2, -0.15) is 0 Å². The van der Waals surface area contributed by atoms with E-state index in [1.807, 2.05) is 0 Å². The number of rotatable bonds is 7. The number of nitrogens with zero attached hydrogens (tertiary/aromatic N) is 1. The molecule has 0 aliphatic carbocycles. The molecule has 0 radical (unpaired) electrons. The van der Waals surface area contributed by atoms with Gasteiger partial charge < -0.3 is 9.64 Å². The molecule has 1 saturated heterocycles. The summed E-state index contributed by atoms with van der Waals surface area (Å²) >= 11 is 0. The van der Waals surface area contributed by atoms with Crippen LogP contribution in [0.25, 0.3) is 0 Å². The average Bonchev–Trinajstić information content (AvgIpc) is 2.91.